The predicted molar refractivity (Wildman–Crippen MR) is 69.8 cm³/mol. The summed E-state index contributed by atoms with van der Waals surface area (Å²) in [5.74, 6) is 0.722. The molecule has 1 aromatic rings. The maximum Gasteiger partial charge on any atom is 0.122 e. The molecule has 0 aliphatic rings. The second-order valence-corrected chi connectivity index (χ2v) is 4.06. The van der Waals surface area contributed by atoms with Crippen LogP contribution in [0, 0.1) is 6.92 Å². The SMILES string of the molecule is COCCOCC(O)COc1ccc(N)cc1C. The van der Waals surface area contributed by atoms with Crippen LogP contribution in [0.3, 0.4) is 0 Å². The topological polar surface area (TPSA) is 73.9 Å². The fraction of sp³-hybridized carbons (Fsp3) is 0.538. The first-order valence-corrected chi connectivity index (χ1v) is 5.87. The second-order valence-electron chi connectivity index (χ2n) is 4.06. The Morgan fingerprint density at radius 3 is 2.72 bits per heavy atom. The average Bonchev–Trinajstić information content (AvgIpc) is 2.33. The molecule has 3 N–H and O–H groups in total. The summed E-state index contributed by atoms with van der Waals surface area (Å²) in [6.45, 7) is 3.32. The van der Waals surface area contributed by atoms with Crippen molar-refractivity contribution in [1.29, 1.82) is 0 Å². The maximum absolute atomic E-state index is 9.64. The minimum absolute atomic E-state index is 0.192. The van der Waals surface area contributed by atoms with Gasteiger partial charge in [-0.1, -0.05) is 0 Å². The Labute approximate surface area is 107 Å². The number of hydrogen-bond acceptors (Lipinski definition) is 5. The summed E-state index contributed by atoms with van der Waals surface area (Å²) in [5.41, 5.74) is 7.29. The molecule has 0 amide bonds. The number of ether oxygens (including phenoxy) is 3. The van der Waals surface area contributed by atoms with E-state index in [1.165, 1.54) is 0 Å². The molecule has 1 atom stereocenters. The number of aliphatic hydroxyl groups excluding tert-OH is 1. The van der Waals surface area contributed by atoms with Crippen LogP contribution in [0.25, 0.3) is 0 Å². The zero-order valence-electron chi connectivity index (χ0n) is 10.9. The maximum atomic E-state index is 9.64. The van der Waals surface area contributed by atoms with E-state index in [1.807, 2.05) is 13.0 Å². The van der Waals surface area contributed by atoms with Gasteiger partial charge >= 0.3 is 0 Å². The van der Waals surface area contributed by atoms with E-state index in [2.05, 4.69) is 0 Å². The number of hydrogen-bond donors (Lipinski definition) is 2. The summed E-state index contributed by atoms with van der Waals surface area (Å²) in [6, 6.07) is 5.39. The summed E-state index contributed by atoms with van der Waals surface area (Å²) in [6.07, 6.45) is -0.654. The predicted octanol–water partition coefficient (Wildman–Crippen LogP) is 0.980. The standard InChI is InChI=1S/C13H21NO4/c1-10-7-11(14)3-4-13(10)18-9-12(15)8-17-6-5-16-2/h3-4,7,12,15H,5-6,8-9,14H2,1-2H3. The fourth-order valence-electron chi connectivity index (χ4n) is 1.43. The van der Waals surface area contributed by atoms with Gasteiger partial charge < -0.3 is 25.1 Å². The number of benzene rings is 1. The Balaban J connectivity index is 2.27. The number of nitrogens with two attached hydrogens (primary N) is 1. The van der Waals surface area contributed by atoms with Gasteiger partial charge in [-0.05, 0) is 30.7 Å². The molecule has 102 valence electrons. The van der Waals surface area contributed by atoms with Crippen LogP contribution in [0.2, 0.25) is 0 Å². The van der Waals surface area contributed by atoms with Gasteiger partial charge in [0.2, 0.25) is 0 Å². The minimum atomic E-state index is -0.654. The molecule has 0 bridgehead atoms. The molecule has 0 radical (unpaired) electrons. The van der Waals surface area contributed by atoms with Crippen molar-refractivity contribution in [2.75, 3.05) is 39.3 Å². The van der Waals surface area contributed by atoms with Crippen LogP contribution in [0.4, 0.5) is 5.69 Å². The van der Waals surface area contributed by atoms with Crippen molar-refractivity contribution >= 4 is 5.69 Å². The third-order valence-corrected chi connectivity index (χ3v) is 2.37. The molecule has 5 nitrogen and oxygen atoms in total. The van der Waals surface area contributed by atoms with E-state index in [-0.39, 0.29) is 13.2 Å². The molecule has 0 aliphatic heterocycles. The summed E-state index contributed by atoms with van der Waals surface area (Å²) in [4.78, 5) is 0. The molecular formula is C13H21NO4. The Morgan fingerprint density at radius 1 is 1.28 bits per heavy atom. The minimum Gasteiger partial charge on any atom is -0.491 e. The molecule has 18 heavy (non-hydrogen) atoms. The van der Waals surface area contributed by atoms with Crippen LogP contribution >= 0.6 is 0 Å². The van der Waals surface area contributed by atoms with E-state index in [1.54, 1.807) is 19.2 Å². The molecule has 0 spiro atoms. The van der Waals surface area contributed by atoms with Crippen LogP contribution in [-0.4, -0.2) is 44.7 Å². The van der Waals surface area contributed by atoms with Crippen molar-refractivity contribution < 1.29 is 19.3 Å². The van der Waals surface area contributed by atoms with Crippen molar-refractivity contribution in [3.63, 3.8) is 0 Å². The number of methoxy groups -OCH3 is 1. The largest absolute Gasteiger partial charge is 0.491 e. The van der Waals surface area contributed by atoms with Gasteiger partial charge in [-0.3, -0.25) is 0 Å². The van der Waals surface area contributed by atoms with E-state index >= 15 is 0 Å². The van der Waals surface area contributed by atoms with Gasteiger partial charge in [0.1, 0.15) is 18.5 Å². The van der Waals surface area contributed by atoms with E-state index in [0.717, 1.165) is 11.3 Å². The highest BCUT2D eigenvalue weighted by Gasteiger charge is 2.07. The van der Waals surface area contributed by atoms with Gasteiger partial charge in [0.05, 0.1) is 19.8 Å². The van der Waals surface area contributed by atoms with Crippen LogP contribution in [0.1, 0.15) is 5.56 Å². The lowest BCUT2D eigenvalue weighted by molar-refractivity contribution is -0.00427. The molecule has 1 unspecified atom stereocenters. The van der Waals surface area contributed by atoms with Crippen LogP contribution in [0.5, 0.6) is 5.75 Å². The number of rotatable bonds is 8. The Bertz CT molecular complexity index is 357. The van der Waals surface area contributed by atoms with Crippen LogP contribution in [-0.2, 0) is 9.47 Å². The normalized spacial score (nSPS) is 12.4. The Kier molecular flexibility index (Phi) is 6.49. The van der Waals surface area contributed by atoms with E-state index < -0.39 is 6.10 Å². The van der Waals surface area contributed by atoms with Gasteiger partial charge in [-0.2, -0.15) is 0 Å². The van der Waals surface area contributed by atoms with Gasteiger partial charge in [0.15, 0.2) is 0 Å². The third kappa shape index (κ3) is 5.35. The van der Waals surface area contributed by atoms with Gasteiger partial charge in [-0.15, -0.1) is 0 Å². The Morgan fingerprint density at radius 2 is 2.06 bits per heavy atom. The smallest absolute Gasteiger partial charge is 0.122 e. The first kappa shape index (κ1) is 14.8. The summed E-state index contributed by atoms with van der Waals surface area (Å²) in [7, 11) is 1.60. The van der Waals surface area contributed by atoms with Crippen molar-refractivity contribution in [1.82, 2.24) is 0 Å². The van der Waals surface area contributed by atoms with Crippen LogP contribution < -0.4 is 10.5 Å². The molecular weight excluding hydrogens is 234 g/mol. The van der Waals surface area contributed by atoms with Gasteiger partial charge in [-0.25, -0.2) is 0 Å². The van der Waals surface area contributed by atoms with Crippen molar-refractivity contribution in [3.8, 4) is 5.75 Å². The number of aryl methyl sites for hydroxylation is 1. The molecule has 1 rings (SSSR count). The second kappa shape index (κ2) is 7.92. The van der Waals surface area contributed by atoms with E-state index in [4.69, 9.17) is 19.9 Å². The van der Waals surface area contributed by atoms with Crippen molar-refractivity contribution in [2.24, 2.45) is 0 Å². The molecule has 1 aromatic carbocycles. The summed E-state index contributed by atoms with van der Waals surface area (Å²) in [5, 5.41) is 9.64. The number of nitrogen functional groups attached to an aromatic ring is 1. The quantitative estimate of drug-likeness (QED) is 0.535. The van der Waals surface area contributed by atoms with E-state index in [0.29, 0.717) is 18.9 Å². The lowest BCUT2D eigenvalue weighted by Crippen LogP contribution is -2.24. The molecule has 0 aliphatic carbocycles. The fourth-order valence-corrected chi connectivity index (χ4v) is 1.43. The third-order valence-electron chi connectivity index (χ3n) is 2.37. The molecule has 0 aromatic heterocycles. The lowest BCUT2D eigenvalue weighted by atomic mass is 10.2. The highest BCUT2D eigenvalue weighted by molar-refractivity contribution is 5.47. The highest BCUT2D eigenvalue weighted by Crippen LogP contribution is 2.20. The van der Waals surface area contributed by atoms with Crippen molar-refractivity contribution in [2.45, 2.75) is 13.0 Å². The zero-order chi connectivity index (χ0) is 13.4. The number of anilines is 1. The summed E-state index contributed by atoms with van der Waals surface area (Å²) >= 11 is 0. The summed E-state index contributed by atoms with van der Waals surface area (Å²) < 4.78 is 15.5. The lowest BCUT2D eigenvalue weighted by Gasteiger charge is -2.14. The molecule has 0 heterocycles. The van der Waals surface area contributed by atoms with Gasteiger partial charge in [0, 0.05) is 12.8 Å². The van der Waals surface area contributed by atoms with Crippen LogP contribution in [0.15, 0.2) is 18.2 Å². The highest BCUT2D eigenvalue weighted by atomic mass is 16.5. The molecule has 0 fully saturated rings. The zero-order valence-corrected chi connectivity index (χ0v) is 10.9. The molecule has 0 saturated carbocycles. The first-order valence-electron chi connectivity index (χ1n) is 5.87. The van der Waals surface area contributed by atoms with Gasteiger partial charge in [0.25, 0.3) is 0 Å². The number of aliphatic hydroxyl groups is 1. The molecule has 0 saturated heterocycles. The first-order chi connectivity index (χ1) is 8.63. The van der Waals surface area contributed by atoms with E-state index in [9.17, 15) is 5.11 Å². The monoisotopic (exact) mass is 255 g/mol. The average molecular weight is 255 g/mol. The Hall–Kier alpha value is -1.30. The molecule has 5 heteroatoms. The van der Waals surface area contributed by atoms with Crippen molar-refractivity contribution in [3.05, 3.63) is 23.8 Å².